The van der Waals surface area contributed by atoms with Crippen molar-refractivity contribution in [1.82, 2.24) is 14.6 Å². The van der Waals surface area contributed by atoms with Crippen LogP contribution in [0.15, 0.2) is 40.9 Å². The van der Waals surface area contributed by atoms with Crippen LogP contribution in [0.5, 0.6) is 0 Å². The molecule has 0 spiro atoms. The van der Waals surface area contributed by atoms with Crippen LogP contribution >= 0.6 is 15.9 Å². The van der Waals surface area contributed by atoms with Gasteiger partial charge in [0.15, 0.2) is 5.65 Å². The van der Waals surface area contributed by atoms with Crippen LogP contribution in [0, 0.1) is 6.92 Å². The Kier molecular flexibility index (Phi) is 3.25. The van der Waals surface area contributed by atoms with Gasteiger partial charge in [0, 0.05) is 5.56 Å². The number of alkyl halides is 2. The molecule has 0 fully saturated rings. The van der Waals surface area contributed by atoms with Gasteiger partial charge in [0.05, 0.1) is 15.9 Å². The molecule has 0 saturated heterocycles. The molecule has 0 unspecified atom stereocenters. The Labute approximate surface area is 122 Å². The number of fused-ring (bicyclic) bond motifs is 1. The fourth-order valence-corrected chi connectivity index (χ4v) is 2.37. The topological polar surface area (TPSA) is 30.2 Å². The number of aromatic nitrogens is 3. The Hall–Kier alpha value is -1.82. The first-order chi connectivity index (χ1) is 9.58. The molecule has 0 atom stereocenters. The van der Waals surface area contributed by atoms with E-state index in [0.29, 0.717) is 21.5 Å². The first-order valence-electron chi connectivity index (χ1n) is 5.97. The van der Waals surface area contributed by atoms with Crippen LogP contribution in [0.4, 0.5) is 8.78 Å². The van der Waals surface area contributed by atoms with Crippen molar-refractivity contribution in [2.45, 2.75) is 13.3 Å². The van der Waals surface area contributed by atoms with Gasteiger partial charge in [-0.3, -0.25) is 0 Å². The van der Waals surface area contributed by atoms with Crippen LogP contribution in [-0.4, -0.2) is 14.6 Å². The van der Waals surface area contributed by atoms with Crippen LogP contribution in [-0.2, 0) is 0 Å². The molecular weight excluding hydrogens is 328 g/mol. The highest BCUT2D eigenvalue weighted by Crippen LogP contribution is 2.29. The Bertz CT molecular complexity index is 769. The van der Waals surface area contributed by atoms with Gasteiger partial charge in [0.25, 0.3) is 6.43 Å². The van der Waals surface area contributed by atoms with Crippen LogP contribution < -0.4 is 0 Å². The summed E-state index contributed by atoms with van der Waals surface area (Å²) in [6.07, 6.45) is -2.62. The second kappa shape index (κ2) is 4.94. The lowest BCUT2D eigenvalue weighted by Gasteiger charge is -2.07. The summed E-state index contributed by atoms with van der Waals surface area (Å²) in [7, 11) is 0. The molecule has 2 heterocycles. The second-order valence-electron chi connectivity index (χ2n) is 4.37. The lowest BCUT2D eigenvalue weighted by atomic mass is 10.1. The van der Waals surface area contributed by atoms with Gasteiger partial charge >= 0.3 is 0 Å². The average molecular weight is 338 g/mol. The Balaban J connectivity index is 2.33. The molecule has 3 rings (SSSR count). The van der Waals surface area contributed by atoms with Crippen molar-refractivity contribution in [3.8, 4) is 11.3 Å². The van der Waals surface area contributed by atoms with Gasteiger partial charge in [-0.05, 0) is 28.9 Å². The summed E-state index contributed by atoms with van der Waals surface area (Å²) < 4.78 is 28.3. The Morgan fingerprint density at radius 3 is 2.55 bits per heavy atom. The number of halogens is 3. The zero-order valence-corrected chi connectivity index (χ0v) is 12.1. The normalized spacial score (nSPS) is 11.4. The lowest BCUT2D eigenvalue weighted by Crippen LogP contribution is -2.02. The summed E-state index contributed by atoms with van der Waals surface area (Å²) in [5.41, 5.74) is 2.17. The van der Waals surface area contributed by atoms with E-state index in [1.807, 2.05) is 30.3 Å². The van der Waals surface area contributed by atoms with Gasteiger partial charge < -0.3 is 0 Å². The van der Waals surface area contributed by atoms with Crippen molar-refractivity contribution in [3.63, 3.8) is 0 Å². The van der Waals surface area contributed by atoms with E-state index < -0.39 is 6.43 Å². The average Bonchev–Trinajstić information content (AvgIpc) is 2.74. The summed E-state index contributed by atoms with van der Waals surface area (Å²) in [4.78, 5) is 4.43. The molecule has 0 aliphatic rings. The van der Waals surface area contributed by atoms with Crippen molar-refractivity contribution in [1.29, 1.82) is 0 Å². The van der Waals surface area contributed by atoms with Crippen molar-refractivity contribution in [3.05, 3.63) is 52.3 Å². The standard InChI is InChI=1S/C14H10BrF2N3/c1-8-12(15)14-18-10(9-5-3-2-4-6-9)7-11(13(16)17)20(14)19-8/h2-7,13H,1H3. The number of aryl methyl sites for hydroxylation is 1. The number of nitrogens with zero attached hydrogens (tertiary/aromatic N) is 3. The van der Waals surface area contributed by atoms with Crippen molar-refractivity contribution >= 4 is 21.6 Å². The third-order valence-electron chi connectivity index (χ3n) is 3.01. The van der Waals surface area contributed by atoms with E-state index in [0.717, 1.165) is 5.56 Å². The molecule has 1 aromatic carbocycles. The zero-order chi connectivity index (χ0) is 14.3. The molecule has 0 aliphatic carbocycles. The molecule has 0 bridgehead atoms. The number of benzene rings is 1. The highest BCUT2D eigenvalue weighted by molar-refractivity contribution is 9.10. The molecule has 0 amide bonds. The quantitative estimate of drug-likeness (QED) is 0.693. The molecule has 3 nitrogen and oxygen atoms in total. The maximum Gasteiger partial charge on any atom is 0.280 e. The summed E-state index contributed by atoms with van der Waals surface area (Å²) in [6.45, 7) is 1.75. The SMILES string of the molecule is Cc1nn2c(C(F)F)cc(-c3ccccc3)nc2c1Br. The summed E-state index contributed by atoms with van der Waals surface area (Å²) >= 11 is 3.35. The van der Waals surface area contributed by atoms with Gasteiger partial charge in [0.2, 0.25) is 0 Å². The maximum atomic E-state index is 13.2. The minimum atomic E-state index is -2.62. The van der Waals surface area contributed by atoms with Crippen molar-refractivity contribution in [2.75, 3.05) is 0 Å². The first-order valence-corrected chi connectivity index (χ1v) is 6.76. The van der Waals surface area contributed by atoms with Gasteiger partial charge in [-0.1, -0.05) is 30.3 Å². The third-order valence-corrected chi connectivity index (χ3v) is 3.94. The van der Waals surface area contributed by atoms with E-state index in [2.05, 4.69) is 26.0 Å². The van der Waals surface area contributed by atoms with Crippen molar-refractivity contribution in [2.24, 2.45) is 0 Å². The second-order valence-corrected chi connectivity index (χ2v) is 5.16. The van der Waals surface area contributed by atoms with Crippen LogP contribution in [0.3, 0.4) is 0 Å². The molecule has 0 radical (unpaired) electrons. The Morgan fingerprint density at radius 2 is 1.90 bits per heavy atom. The van der Waals surface area contributed by atoms with E-state index in [9.17, 15) is 8.78 Å². The first kappa shape index (κ1) is 13.2. The maximum absolute atomic E-state index is 13.2. The monoisotopic (exact) mass is 337 g/mol. The summed E-state index contributed by atoms with van der Waals surface area (Å²) in [5.74, 6) is 0. The highest BCUT2D eigenvalue weighted by Gasteiger charge is 2.19. The lowest BCUT2D eigenvalue weighted by molar-refractivity contribution is 0.143. The molecule has 0 N–H and O–H groups in total. The summed E-state index contributed by atoms with van der Waals surface area (Å²) in [5, 5.41) is 4.10. The predicted molar refractivity (Wildman–Crippen MR) is 75.8 cm³/mol. The van der Waals surface area contributed by atoms with E-state index in [1.165, 1.54) is 10.6 Å². The van der Waals surface area contributed by atoms with E-state index in [-0.39, 0.29) is 5.69 Å². The number of hydrogen-bond donors (Lipinski definition) is 0. The number of rotatable bonds is 2. The minimum Gasteiger partial charge on any atom is -0.227 e. The molecule has 0 saturated carbocycles. The predicted octanol–water partition coefficient (Wildman–Crippen LogP) is 4.40. The van der Waals surface area contributed by atoms with E-state index >= 15 is 0 Å². The van der Waals surface area contributed by atoms with Gasteiger partial charge in [-0.25, -0.2) is 18.3 Å². The van der Waals surface area contributed by atoms with Gasteiger partial charge in [0.1, 0.15) is 5.69 Å². The largest absolute Gasteiger partial charge is 0.280 e. The van der Waals surface area contributed by atoms with Crippen LogP contribution in [0.25, 0.3) is 16.9 Å². The third kappa shape index (κ3) is 2.10. The smallest absolute Gasteiger partial charge is 0.227 e. The van der Waals surface area contributed by atoms with Crippen LogP contribution in [0.2, 0.25) is 0 Å². The molecule has 20 heavy (non-hydrogen) atoms. The summed E-state index contributed by atoms with van der Waals surface area (Å²) in [6, 6.07) is 10.6. The fourth-order valence-electron chi connectivity index (χ4n) is 2.03. The van der Waals surface area contributed by atoms with E-state index in [1.54, 1.807) is 6.92 Å². The number of hydrogen-bond acceptors (Lipinski definition) is 2. The molecular formula is C14H10BrF2N3. The highest BCUT2D eigenvalue weighted by atomic mass is 79.9. The Morgan fingerprint density at radius 1 is 1.20 bits per heavy atom. The zero-order valence-electron chi connectivity index (χ0n) is 10.5. The van der Waals surface area contributed by atoms with Gasteiger partial charge in [-0.2, -0.15) is 5.10 Å². The molecule has 6 heteroatoms. The molecule has 3 aromatic rings. The fraction of sp³-hybridized carbons (Fsp3) is 0.143. The van der Waals surface area contributed by atoms with Gasteiger partial charge in [-0.15, -0.1) is 0 Å². The van der Waals surface area contributed by atoms with Crippen LogP contribution in [0.1, 0.15) is 17.8 Å². The molecule has 2 aromatic heterocycles. The molecule has 0 aliphatic heterocycles. The minimum absolute atomic E-state index is 0.164. The van der Waals surface area contributed by atoms with Crippen molar-refractivity contribution < 1.29 is 8.78 Å². The molecule has 102 valence electrons. The van der Waals surface area contributed by atoms with E-state index in [4.69, 9.17) is 0 Å².